The van der Waals surface area contributed by atoms with Gasteiger partial charge in [0.15, 0.2) is 0 Å². The molecular formula is C10H8Br2O2. The Hall–Kier alpha value is -0.610. The molecule has 1 aromatic carbocycles. The van der Waals surface area contributed by atoms with E-state index in [1.807, 2.05) is 18.2 Å². The Morgan fingerprint density at radius 1 is 1.50 bits per heavy atom. The van der Waals surface area contributed by atoms with Gasteiger partial charge in [-0.3, -0.25) is 0 Å². The third-order valence-corrected chi connectivity index (χ3v) is 2.75. The lowest BCUT2D eigenvalue weighted by Gasteiger charge is -2.02. The predicted molar refractivity (Wildman–Crippen MR) is 63.4 cm³/mol. The maximum atomic E-state index is 10.3. The molecular weight excluding hydrogens is 312 g/mol. The molecule has 0 fully saturated rings. The van der Waals surface area contributed by atoms with Crippen molar-refractivity contribution in [2.75, 3.05) is 0 Å². The molecule has 0 atom stereocenters. The van der Waals surface area contributed by atoms with Crippen LogP contribution in [-0.2, 0) is 10.1 Å². The fraction of sp³-hybridized carbons (Fsp3) is 0.100. The van der Waals surface area contributed by atoms with Crippen LogP contribution in [0, 0.1) is 0 Å². The van der Waals surface area contributed by atoms with Gasteiger partial charge in [0, 0.05) is 15.9 Å². The van der Waals surface area contributed by atoms with Crippen LogP contribution in [0.1, 0.15) is 11.1 Å². The maximum Gasteiger partial charge on any atom is 0.328 e. The van der Waals surface area contributed by atoms with E-state index in [0.717, 1.165) is 21.7 Å². The van der Waals surface area contributed by atoms with Gasteiger partial charge in [0.2, 0.25) is 0 Å². The molecule has 74 valence electrons. The summed E-state index contributed by atoms with van der Waals surface area (Å²) < 4.78 is 0.937. The molecule has 2 nitrogen and oxygen atoms in total. The Kier molecular flexibility index (Phi) is 4.35. The number of rotatable bonds is 3. The summed E-state index contributed by atoms with van der Waals surface area (Å²) in [5.74, 6) is -0.939. The van der Waals surface area contributed by atoms with E-state index >= 15 is 0 Å². The summed E-state index contributed by atoms with van der Waals surface area (Å²) in [6, 6.07) is 5.76. The zero-order chi connectivity index (χ0) is 10.6. The molecule has 0 radical (unpaired) electrons. The summed E-state index contributed by atoms with van der Waals surface area (Å²) in [6.45, 7) is 0. The summed E-state index contributed by atoms with van der Waals surface area (Å²) in [7, 11) is 0. The molecule has 0 aliphatic carbocycles. The van der Waals surface area contributed by atoms with E-state index < -0.39 is 5.97 Å². The van der Waals surface area contributed by atoms with Crippen LogP contribution in [0.25, 0.3) is 6.08 Å². The molecule has 0 saturated heterocycles. The van der Waals surface area contributed by atoms with Crippen LogP contribution in [0.5, 0.6) is 0 Å². The monoisotopic (exact) mass is 318 g/mol. The second-order valence-corrected chi connectivity index (χ2v) is 4.12. The van der Waals surface area contributed by atoms with Gasteiger partial charge in [-0.1, -0.05) is 37.9 Å². The van der Waals surface area contributed by atoms with Gasteiger partial charge < -0.3 is 5.11 Å². The highest BCUT2D eigenvalue weighted by Crippen LogP contribution is 2.20. The number of benzene rings is 1. The first-order valence-corrected chi connectivity index (χ1v) is 5.80. The van der Waals surface area contributed by atoms with Gasteiger partial charge in [-0.25, -0.2) is 4.79 Å². The molecule has 0 saturated carbocycles. The fourth-order valence-corrected chi connectivity index (χ4v) is 1.89. The Morgan fingerprint density at radius 2 is 2.21 bits per heavy atom. The molecule has 4 heteroatoms. The lowest BCUT2D eigenvalue weighted by Crippen LogP contribution is -1.88. The second kappa shape index (κ2) is 5.32. The van der Waals surface area contributed by atoms with E-state index in [4.69, 9.17) is 5.11 Å². The average molecular weight is 320 g/mol. The summed E-state index contributed by atoms with van der Waals surface area (Å²) in [4.78, 5) is 10.3. The van der Waals surface area contributed by atoms with Gasteiger partial charge in [-0.2, -0.15) is 0 Å². The Balaban J connectivity index is 3.04. The van der Waals surface area contributed by atoms with Crippen molar-refractivity contribution in [3.63, 3.8) is 0 Å². The first kappa shape index (κ1) is 11.5. The van der Waals surface area contributed by atoms with Crippen molar-refractivity contribution in [3.8, 4) is 0 Å². The molecule has 0 heterocycles. The van der Waals surface area contributed by atoms with E-state index in [9.17, 15) is 4.79 Å². The van der Waals surface area contributed by atoms with Crippen LogP contribution in [-0.4, -0.2) is 11.1 Å². The van der Waals surface area contributed by atoms with Crippen molar-refractivity contribution in [1.82, 2.24) is 0 Å². The standard InChI is InChI=1S/C10H8Br2O2/c11-6-8-1-3-9(12)5-7(8)2-4-10(13)14/h1-5H,6H2,(H,13,14)/b4-2+. The fourth-order valence-electron chi connectivity index (χ4n) is 1.00. The summed E-state index contributed by atoms with van der Waals surface area (Å²) in [5, 5.41) is 9.21. The third-order valence-electron chi connectivity index (χ3n) is 1.66. The minimum Gasteiger partial charge on any atom is -0.478 e. The molecule has 1 rings (SSSR count). The zero-order valence-electron chi connectivity index (χ0n) is 7.21. The molecule has 0 spiro atoms. The molecule has 0 aliphatic heterocycles. The number of aliphatic carboxylic acids is 1. The quantitative estimate of drug-likeness (QED) is 0.684. The SMILES string of the molecule is O=C(O)/C=C/c1cc(Br)ccc1CBr. The first-order valence-electron chi connectivity index (χ1n) is 3.89. The molecule has 1 aromatic rings. The second-order valence-electron chi connectivity index (χ2n) is 2.65. The number of halogens is 2. The summed E-state index contributed by atoms with van der Waals surface area (Å²) in [6.07, 6.45) is 2.72. The molecule has 0 amide bonds. The smallest absolute Gasteiger partial charge is 0.328 e. The van der Waals surface area contributed by atoms with Crippen LogP contribution in [0.2, 0.25) is 0 Å². The van der Waals surface area contributed by atoms with E-state index in [1.54, 1.807) is 6.08 Å². The van der Waals surface area contributed by atoms with E-state index in [-0.39, 0.29) is 0 Å². The molecule has 0 aromatic heterocycles. The van der Waals surface area contributed by atoms with Crippen LogP contribution in [0.15, 0.2) is 28.7 Å². The molecule has 0 aliphatic rings. The summed E-state index contributed by atoms with van der Waals surface area (Å²) >= 11 is 6.68. The topological polar surface area (TPSA) is 37.3 Å². The number of carbonyl (C=O) groups is 1. The minimum absolute atomic E-state index is 0.708. The third kappa shape index (κ3) is 3.27. The molecule has 0 unspecified atom stereocenters. The minimum atomic E-state index is -0.939. The van der Waals surface area contributed by atoms with Crippen LogP contribution >= 0.6 is 31.9 Å². The number of alkyl halides is 1. The maximum absolute atomic E-state index is 10.3. The highest BCUT2D eigenvalue weighted by molar-refractivity contribution is 9.10. The predicted octanol–water partition coefficient (Wildman–Crippen LogP) is 3.44. The molecule has 14 heavy (non-hydrogen) atoms. The number of carboxylic acids is 1. The van der Waals surface area contributed by atoms with Gasteiger partial charge in [0.1, 0.15) is 0 Å². The molecule has 0 bridgehead atoms. The van der Waals surface area contributed by atoms with Crippen molar-refractivity contribution in [3.05, 3.63) is 39.9 Å². The largest absolute Gasteiger partial charge is 0.478 e. The van der Waals surface area contributed by atoms with Gasteiger partial charge >= 0.3 is 5.97 Å². The van der Waals surface area contributed by atoms with Gasteiger partial charge in [0.05, 0.1) is 0 Å². The highest BCUT2D eigenvalue weighted by atomic mass is 79.9. The van der Waals surface area contributed by atoms with Gasteiger partial charge in [-0.15, -0.1) is 0 Å². The summed E-state index contributed by atoms with van der Waals surface area (Å²) in [5.41, 5.74) is 1.96. The Morgan fingerprint density at radius 3 is 2.79 bits per heavy atom. The van der Waals surface area contributed by atoms with Gasteiger partial charge in [-0.05, 0) is 29.3 Å². The first-order chi connectivity index (χ1) is 6.63. The Bertz CT molecular complexity index is 372. The van der Waals surface area contributed by atoms with E-state index in [0.29, 0.717) is 5.33 Å². The molecule has 1 N–H and O–H groups in total. The number of hydrogen-bond acceptors (Lipinski definition) is 1. The van der Waals surface area contributed by atoms with E-state index in [2.05, 4.69) is 31.9 Å². The Labute approximate surface area is 98.9 Å². The highest BCUT2D eigenvalue weighted by Gasteiger charge is 1.99. The lowest BCUT2D eigenvalue weighted by molar-refractivity contribution is -0.131. The normalized spacial score (nSPS) is 10.7. The van der Waals surface area contributed by atoms with Crippen molar-refractivity contribution >= 4 is 43.9 Å². The van der Waals surface area contributed by atoms with Crippen LogP contribution in [0.3, 0.4) is 0 Å². The van der Waals surface area contributed by atoms with Crippen molar-refractivity contribution < 1.29 is 9.90 Å². The average Bonchev–Trinajstić information content (AvgIpc) is 2.15. The number of hydrogen-bond donors (Lipinski definition) is 1. The number of carboxylic acid groups (broad SMARTS) is 1. The van der Waals surface area contributed by atoms with Crippen LogP contribution in [0.4, 0.5) is 0 Å². The van der Waals surface area contributed by atoms with E-state index in [1.165, 1.54) is 0 Å². The lowest BCUT2D eigenvalue weighted by atomic mass is 10.1. The van der Waals surface area contributed by atoms with Crippen molar-refractivity contribution in [1.29, 1.82) is 0 Å². The van der Waals surface area contributed by atoms with Crippen molar-refractivity contribution in [2.45, 2.75) is 5.33 Å². The zero-order valence-corrected chi connectivity index (χ0v) is 10.4. The van der Waals surface area contributed by atoms with Crippen LogP contribution < -0.4 is 0 Å². The van der Waals surface area contributed by atoms with Crippen molar-refractivity contribution in [2.24, 2.45) is 0 Å². The van der Waals surface area contributed by atoms with Gasteiger partial charge in [0.25, 0.3) is 0 Å².